The molecule has 7 atom stereocenters. The summed E-state index contributed by atoms with van der Waals surface area (Å²) < 4.78 is 11.3. The van der Waals surface area contributed by atoms with Crippen molar-refractivity contribution in [3.63, 3.8) is 0 Å². The van der Waals surface area contributed by atoms with Crippen molar-refractivity contribution >= 4 is 5.97 Å². The summed E-state index contributed by atoms with van der Waals surface area (Å²) in [7, 11) is 0. The first-order chi connectivity index (χ1) is 16.3. The zero-order chi connectivity index (χ0) is 26.8. The van der Waals surface area contributed by atoms with Gasteiger partial charge in [-0.15, -0.1) is 6.58 Å². The van der Waals surface area contributed by atoms with Gasteiger partial charge in [0.1, 0.15) is 24.4 Å². The lowest BCUT2D eigenvalue weighted by molar-refractivity contribution is -0.319. The van der Waals surface area contributed by atoms with E-state index in [1.54, 1.807) is 13.0 Å². The van der Waals surface area contributed by atoms with Crippen molar-refractivity contribution in [2.45, 2.75) is 102 Å². The number of aliphatic hydroxyl groups excluding tert-OH is 5. The summed E-state index contributed by atoms with van der Waals surface area (Å²) in [6.07, 6.45) is 2.68. The zero-order valence-corrected chi connectivity index (χ0v) is 21.1. The number of rotatable bonds is 14. The molecule has 0 saturated carbocycles. The normalized spacial score (nSPS) is 28.9. The average Bonchev–Trinajstić information content (AvgIpc) is 2.79. The molecule has 0 aliphatic carbocycles. The Morgan fingerprint density at radius 2 is 1.71 bits per heavy atom. The topological polar surface area (TPSA) is 157 Å². The van der Waals surface area contributed by atoms with Crippen molar-refractivity contribution < 1.29 is 44.9 Å². The molecule has 1 aliphatic rings. The molecule has 0 bridgehead atoms. The van der Waals surface area contributed by atoms with Gasteiger partial charge in [0.25, 0.3) is 0 Å². The monoisotopic (exact) mass is 498 g/mol. The summed E-state index contributed by atoms with van der Waals surface area (Å²) >= 11 is 0. The lowest BCUT2D eigenvalue weighted by Crippen LogP contribution is -2.60. The Bertz CT molecular complexity index is 786. The molecule has 1 fully saturated rings. The van der Waals surface area contributed by atoms with Crippen LogP contribution in [0.15, 0.2) is 47.6 Å². The largest absolute Gasteiger partial charge is 0.478 e. The van der Waals surface area contributed by atoms with E-state index >= 15 is 0 Å². The van der Waals surface area contributed by atoms with Crippen LogP contribution >= 0.6 is 0 Å². The summed E-state index contributed by atoms with van der Waals surface area (Å²) in [6.45, 7) is 10.4. The maximum Gasteiger partial charge on any atom is 0.331 e. The Morgan fingerprint density at radius 1 is 1.09 bits per heavy atom. The Kier molecular flexibility index (Phi) is 13.0. The van der Waals surface area contributed by atoms with Crippen LogP contribution < -0.4 is 0 Å². The summed E-state index contributed by atoms with van der Waals surface area (Å²) in [5.41, 5.74) is 1.38. The third kappa shape index (κ3) is 10.3. The van der Waals surface area contributed by atoms with Crippen LogP contribution in [-0.2, 0) is 14.3 Å². The quantitative estimate of drug-likeness (QED) is 0.156. The van der Waals surface area contributed by atoms with E-state index in [-0.39, 0.29) is 5.57 Å². The van der Waals surface area contributed by atoms with Crippen LogP contribution in [0.3, 0.4) is 0 Å². The molecule has 35 heavy (non-hydrogen) atoms. The number of carboxylic acid groups (broad SMARTS) is 1. The van der Waals surface area contributed by atoms with Gasteiger partial charge in [-0.05, 0) is 65.9 Å². The predicted molar refractivity (Wildman–Crippen MR) is 131 cm³/mol. The molecule has 0 radical (unpaired) electrons. The highest BCUT2D eigenvalue weighted by Gasteiger charge is 2.45. The standard InChI is InChI=1S/C26H42O9/c1-6-26(5,35-25-23(31)22(30)21(29)20(15-27)34-25)12-8-11-16(2)9-7-10-17(3)13-19(28)14-18(4)24(32)33/h6,10-11,14,19-23,25,27-31H,1,7-9,12-13,15H2,2-5H3,(H,32,33)/b16-11+,17-10+,18-14+/t19?,20?,21-,22?,23?,25+,26?/m1/s1. The molecular weight excluding hydrogens is 456 g/mol. The van der Waals surface area contributed by atoms with Crippen molar-refractivity contribution in [3.8, 4) is 0 Å². The molecule has 5 unspecified atom stereocenters. The van der Waals surface area contributed by atoms with E-state index < -0.39 is 55.0 Å². The fraction of sp³-hybridized carbons (Fsp3) is 0.654. The van der Waals surface area contributed by atoms with Crippen molar-refractivity contribution in [3.05, 3.63) is 47.6 Å². The second kappa shape index (κ2) is 14.6. The molecule has 0 aromatic carbocycles. The van der Waals surface area contributed by atoms with E-state index in [2.05, 4.69) is 12.7 Å². The predicted octanol–water partition coefficient (Wildman–Crippen LogP) is 1.98. The molecule has 0 aromatic heterocycles. The van der Waals surface area contributed by atoms with Crippen LogP contribution in [0, 0.1) is 0 Å². The number of hydrogen-bond acceptors (Lipinski definition) is 8. The van der Waals surface area contributed by atoms with Crippen molar-refractivity contribution in [1.29, 1.82) is 0 Å². The van der Waals surface area contributed by atoms with Crippen LogP contribution in [0.2, 0.25) is 0 Å². The maximum absolute atomic E-state index is 10.8. The highest BCUT2D eigenvalue weighted by molar-refractivity contribution is 5.85. The second-order valence-electron chi connectivity index (χ2n) is 9.44. The van der Waals surface area contributed by atoms with E-state index in [1.807, 2.05) is 19.9 Å². The van der Waals surface area contributed by atoms with Gasteiger partial charge >= 0.3 is 5.97 Å². The zero-order valence-electron chi connectivity index (χ0n) is 21.1. The molecule has 1 rings (SSSR count). The van der Waals surface area contributed by atoms with E-state index in [4.69, 9.17) is 14.6 Å². The lowest BCUT2D eigenvalue weighted by atomic mass is 9.96. The van der Waals surface area contributed by atoms with Gasteiger partial charge in [-0.3, -0.25) is 0 Å². The van der Waals surface area contributed by atoms with E-state index in [9.17, 15) is 30.3 Å². The van der Waals surface area contributed by atoms with Gasteiger partial charge in [-0.2, -0.15) is 0 Å². The van der Waals surface area contributed by atoms with Gasteiger partial charge in [0.05, 0.1) is 18.3 Å². The van der Waals surface area contributed by atoms with Gasteiger partial charge < -0.3 is 40.1 Å². The third-order valence-corrected chi connectivity index (χ3v) is 6.14. The molecule has 0 spiro atoms. The number of aliphatic hydroxyl groups is 5. The molecule has 9 heteroatoms. The molecular formula is C26H42O9. The fourth-order valence-electron chi connectivity index (χ4n) is 3.72. The van der Waals surface area contributed by atoms with Crippen LogP contribution in [0.4, 0.5) is 0 Å². The molecule has 1 aliphatic heterocycles. The first-order valence-corrected chi connectivity index (χ1v) is 11.9. The van der Waals surface area contributed by atoms with Gasteiger partial charge in [-0.25, -0.2) is 4.79 Å². The van der Waals surface area contributed by atoms with Gasteiger partial charge in [0, 0.05) is 5.57 Å². The molecule has 0 aromatic rings. The first kappa shape index (κ1) is 31.2. The van der Waals surface area contributed by atoms with Gasteiger partial charge in [-0.1, -0.05) is 29.4 Å². The maximum atomic E-state index is 10.8. The molecule has 1 heterocycles. The van der Waals surface area contributed by atoms with E-state index in [1.165, 1.54) is 13.0 Å². The Morgan fingerprint density at radius 3 is 2.29 bits per heavy atom. The lowest BCUT2D eigenvalue weighted by Gasteiger charge is -2.42. The van der Waals surface area contributed by atoms with Gasteiger partial charge in [0.15, 0.2) is 6.29 Å². The number of carbonyl (C=O) groups is 1. The highest BCUT2D eigenvalue weighted by atomic mass is 16.7. The molecule has 200 valence electrons. The number of allylic oxidation sites excluding steroid dienone is 3. The minimum atomic E-state index is -1.50. The number of hydrogen-bond donors (Lipinski definition) is 6. The number of aliphatic carboxylic acids is 1. The summed E-state index contributed by atoms with van der Waals surface area (Å²) in [5.74, 6) is -1.04. The second-order valence-corrected chi connectivity index (χ2v) is 9.44. The van der Waals surface area contributed by atoms with Crippen molar-refractivity contribution in [2.24, 2.45) is 0 Å². The minimum absolute atomic E-state index is 0.117. The number of carboxylic acids is 1. The molecule has 1 saturated heterocycles. The van der Waals surface area contributed by atoms with Gasteiger partial charge in [0.2, 0.25) is 0 Å². The Balaban J connectivity index is 2.57. The smallest absolute Gasteiger partial charge is 0.331 e. The Labute approximate surface area is 207 Å². The van der Waals surface area contributed by atoms with Crippen LogP contribution in [0.25, 0.3) is 0 Å². The Hall–Kier alpha value is -1.85. The number of ether oxygens (including phenoxy) is 2. The van der Waals surface area contributed by atoms with Crippen molar-refractivity contribution in [2.75, 3.05) is 6.61 Å². The average molecular weight is 499 g/mol. The third-order valence-electron chi connectivity index (χ3n) is 6.14. The van der Waals surface area contributed by atoms with Crippen LogP contribution in [0.1, 0.15) is 59.8 Å². The molecule has 6 N–H and O–H groups in total. The molecule has 0 amide bonds. The highest BCUT2D eigenvalue weighted by Crippen LogP contribution is 2.29. The molecule has 9 nitrogen and oxygen atoms in total. The van der Waals surface area contributed by atoms with E-state index in [0.717, 1.165) is 24.0 Å². The fourth-order valence-corrected chi connectivity index (χ4v) is 3.72. The van der Waals surface area contributed by atoms with Crippen LogP contribution in [-0.4, -0.2) is 85.6 Å². The summed E-state index contributed by atoms with van der Waals surface area (Å²) in [6, 6.07) is 0. The first-order valence-electron chi connectivity index (χ1n) is 11.9. The van der Waals surface area contributed by atoms with Crippen LogP contribution in [0.5, 0.6) is 0 Å². The summed E-state index contributed by atoms with van der Waals surface area (Å²) in [5, 5.41) is 58.3. The van der Waals surface area contributed by atoms with E-state index in [0.29, 0.717) is 19.3 Å². The summed E-state index contributed by atoms with van der Waals surface area (Å²) in [4.78, 5) is 10.8. The SMILES string of the molecule is C=CC(C)(CC/C=C(\C)CC/C=C(\C)CC(O)/C=C(\C)C(=O)O)O[C@@H]1OC(CO)[C@@H](O)C(O)C1O. The van der Waals surface area contributed by atoms with Crippen molar-refractivity contribution in [1.82, 2.24) is 0 Å². The minimum Gasteiger partial charge on any atom is -0.478 e.